The van der Waals surface area contributed by atoms with Crippen LogP contribution in [0.3, 0.4) is 0 Å². The van der Waals surface area contributed by atoms with Gasteiger partial charge in [-0.15, -0.1) is 0 Å². The Bertz CT molecular complexity index is 735. The summed E-state index contributed by atoms with van der Waals surface area (Å²) >= 11 is 0. The number of halogens is 3. The van der Waals surface area contributed by atoms with Gasteiger partial charge < -0.3 is 9.64 Å². The fraction of sp³-hybridized carbons (Fsp3) is 0.650. The molecule has 2 atom stereocenters. The van der Waals surface area contributed by atoms with Crippen molar-refractivity contribution in [3.8, 4) is 5.75 Å². The Balaban J connectivity index is 1.41. The molecule has 1 aromatic carbocycles. The van der Waals surface area contributed by atoms with E-state index < -0.39 is 17.0 Å². The number of benzene rings is 1. The molecule has 3 saturated carbocycles. The number of amides is 1. The number of nitrogens with zero attached hydrogens (tertiary/aromatic N) is 1. The Morgan fingerprint density at radius 3 is 2.38 bits per heavy atom. The van der Waals surface area contributed by atoms with E-state index in [1.807, 2.05) is 29.2 Å². The third-order valence-corrected chi connectivity index (χ3v) is 7.40. The molecule has 1 saturated heterocycles. The normalized spacial score (nSPS) is 38.0. The van der Waals surface area contributed by atoms with Gasteiger partial charge in [0.05, 0.1) is 18.0 Å². The molecule has 6 rings (SSSR count). The minimum atomic E-state index is -4.15. The standard InChI is InChI=1S/C20H22F3NO2/c21-20(22,23)19-8-5-18(6-9-19,7-10-19)17(25)24-12-13-11-15(24)14-3-1-2-4-16(14)26-13/h1-4,13,15H,5-12H2/t13-,15-,18?,19?/m0/s1. The number of carbonyl (C=O) groups excluding carboxylic acids is 1. The highest BCUT2D eigenvalue weighted by atomic mass is 19.4. The van der Waals surface area contributed by atoms with Gasteiger partial charge in [0.1, 0.15) is 11.9 Å². The summed E-state index contributed by atoms with van der Waals surface area (Å²) in [7, 11) is 0. The summed E-state index contributed by atoms with van der Waals surface area (Å²) in [5.41, 5.74) is -1.12. The first-order valence-electron chi connectivity index (χ1n) is 9.47. The molecule has 2 heterocycles. The van der Waals surface area contributed by atoms with Gasteiger partial charge in [0, 0.05) is 17.4 Å². The van der Waals surface area contributed by atoms with Gasteiger partial charge >= 0.3 is 6.18 Å². The quantitative estimate of drug-likeness (QED) is 0.727. The van der Waals surface area contributed by atoms with E-state index >= 15 is 0 Å². The molecule has 3 nitrogen and oxygen atoms in total. The Morgan fingerprint density at radius 2 is 1.73 bits per heavy atom. The molecule has 5 aliphatic rings. The SMILES string of the molecule is O=C(N1C[C@@H]2C[C@H]1c1ccccc1O2)C12CCC(C(F)(F)F)(CC1)CC2. The molecular weight excluding hydrogens is 343 g/mol. The van der Waals surface area contributed by atoms with E-state index in [9.17, 15) is 18.0 Å². The average molecular weight is 365 g/mol. The number of hydrogen-bond donors (Lipinski definition) is 0. The predicted octanol–water partition coefficient (Wildman–Crippen LogP) is 4.62. The van der Waals surface area contributed by atoms with Gasteiger partial charge in [0.25, 0.3) is 0 Å². The Kier molecular flexibility index (Phi) is 3.27. The number of fused-ring (bicyclic) bond motifs is 7. The summed E-state index contributed by atoms with van der Waals surface area (Å²) in [6.07, 6.45) is -2.00. The van der Waals surface area contributed by atoms with Gasteiger partial charge in [0.15, 0.2) is 0 Å². The lowest BCUT2D eigenvalue weighted by Gasteiger charge is -2.53. The number of carbonyl (C=O) groups is 1. The number of para-hydroxylation sites is 1. The molecule has 0 spiro atoms. The lowest BCUT2D eigenvalue weighted by atomic mass is 9.53. The zero-order valence-electron chi connectivity index (χ0n) is 14.5. The van der Waals surface area contributed by atoms with Gasteiger partial charge in [-0.3, -0.25) is 4.79 Å². The second-order valence-corrected chi connectivity index (χ2v) is 8.55. The Hall–Kier alpha value is -1.72. The summed E-state index contributed by atoms with van der Waals surface area (Å²) < 4.78 is 46.4. The van der Waals surface area contributed by atoms with Crippen LogP contribution in [0.5, 0.6) is 5.75 Å². The molecule has 6 heteroatoms. The van der Waals surface area contributed by atoms with Crippen LogP contribution in [-0.2, 0) is 4.79 Å². The van der Waals surface area contributed by atoms with Crippen molar-refractivity contribution < 1.29 is 22.7 Å². The summed E-state index contributed by atoms with van der Waals surface area (Å²) in [4.78, 5) is 15.4. The summed E-state index contributed by atoms with van der Waals surface area (Å²) in [6.45, 7) is 0.546. The first-order chi connectivity index (χ1) is 12.3. The minimum absolute atomic E-state index is 0.00283. The third-order valence-electron chi connectivity index (χ3n) is 7.40. The third kappa shape index (κ3) is 2.10. The van der Waals surface area contributed by atoms with Crippen LogP contribution in [0.4, 0.5) is 13.2 Å². The van der Waals surface area contributed by atoms with Crippen molar-refractivity contribution in [2.24, 2.45) is 10.8 Å². The second kappa shape index (κ2) is 5.17. The monoisotopic (exact) mass is 365 g/mol. The molecule has 1 aromatic rings. The van der Waals surface area contributed by atoms with Crippen LogP contribution < -0.4 is 4.74 Å². The van der Waals surface area contributed by atoms with Crippen LogP contribution in [0.25, 0.3) is 0 Å². The molecule has 0 radical (unpaired) electrons. The van der Waals surface area contributed by atoms with Crippen LogP contribution >= 0.6 is 0 Å². The van der Waals surface area contributed by atoms with E-state index in [-0.39, 0.29) is 37.3 Å². The van der Waals surface area contributed by atoms with Crippen molar-refractivity contribution >= 4 is 5.91 Å². The molecule has 0 aromatic heterocycles. The second-order valence-electron chi connectivity index (χ2n) is 8.55. The topological polar surface area (TPSA) is 29.5 Å². The fourth-order valence-electron chi connectivity index (χ4n) is 5.68. The number of hydrogen-bond acceptors (Lipinski definition) is 2. The molecular formula is C20H22F3NO2. The number of alkyl halides is 3. The summed E-state index contributed by atoms with van der Waals surface area (Å²) in [6, 6.07) is 7.80. The lowest BCUT2D eigenvalue weighted by molar-refractivity contribution is -0.259. The maximum absolute atomic E-state index is 13.5. The van der Waals surface area contributed by atoms with Gasteiger partial charge in [-0.1, -0.05) is 18.2 Å². The van der Waals surface area contributed by atoms with Gasteiger partial charge in [-0.05, 0) is 44.6 Å². The Morgan fingerprint density at radius 1 is 1.08 bits per heavy atom. The zero-order valence-corrected chi connectivity index (χ0v) is 14.5. The molecule has 0 N–H and O–H groups in total. The first kappa shape index (κ1) is 16.5. The van der Waals surface area contributed by atoms with E-state index in [1.165, 1.54) is 0 Å². The van der Waals surface area contributed by atoms with Crippen molar-refractivity contribution in [1.82, 2.24) is 4.90 Å². The van der Waals surface area contributed by atoms with Crippen molar-refractivity contribution in [3.63, 3.8) is 0 Å². The van der Waals surface area contributed by atoms with E-state index in [0.29, 0.717) is 25.8 Å². The largest absolute Gasteiger partial charge is 0.488 e. The molecule has 140 valence electrons. The van der Waals surface area contributed by atoms with Crippen molar-refractivity contribution in [2.45, 2.75) is 63.3 Å². The summed E-state index contributed by atoms with van der Waals surface area (Å²) in [5, 5.41) is 0. The molecule has 1 amide bonds. The first-order valence-corrected chi connectivity index (χ1v) is 9.47. The highest BCUT2D eigenvalue weighted by molar-refractivity contribution is 5.84. The Labute approximate surface area is 150 Å². The number of ether oxygens (including phenoxy) is 1. The van der Waals surface area contributed by atoms with Crippen LogP contribution in [0.15, 0.2) is 24.3 Å². The molecule has 4 fully saturated rings. The van der Waals surface area contributed by atoms with Gasteiger partial charge in [-0.25, -0.2) is 0 Å². The molecule has 2 aliphatic heterocycles. The highest BCUT2D eigenvalue weighted by Crippen LogP contribution is 2.63. The fourth-order valence-corrected chi connectivity index (χ4v) is 5.68. The van der Waals surface area contributed by atoms with Crippen LogP contribution in [0, 0.1) is 10.8 Å². The van der Waals surface area contributed by atoms with Crippen LogP contribution in [0.2, 0.25) is 0 Å². The van der Waals surface area contributed by atoms with E-state index in [1.54, 1.807) is 0 Å². The predicted molar refractivity (Wildman–Crippen MR) is 88.6 cm³/mol. The van der Waals surface area contributed by atoms with Crippen LogP contribution in [0.1, 0.15) is 56.6 Å². The van der Waals surface area contributed by atoms with E-state index in [4.69, 9.17) is 4.74 Å². The smallest absolute Gasteiger partial charge is 0.394 e. The minimum Gasteiger partial charge on any atom is -0.488 e. The molecule has 4 bridgehead atoms. The van der Waals surface area contributed by atoms with Crippen molar-refractivity contribution in [3.05, 3.63) is 29.8 Å². The van der Waals surface area contributed by atoms with Gasteiger partial charge in [-0.2, -0.15) is 13.2 Å². The van der Waals surface area contributed by atoms with Crippen molar-refractivity contribution in [2.75, 3.05) is 6.54 Å². The van der Waals surface area contributed by atoms with Crippen molar-refractivity contribution in [1.29, 1.82) is 0 Å². The average Bonchev–Trinajstić information content (AvgIpc) is 2.99. The molecule has 3 aliphatic carbocycles. The maximum atomic E-state index is 13.5. The molecule has 26 heavy (non-hydrogen) atoms. The lowest BCUT2D eigenvalue weighted by Crippen LogP contribution is -2.55. The van der Waals surface area contributed by atoms with Crippen LogP contribution in [-0.4, -0.2) is 29.6 Å². The maximum Gasteiger partial charge on any atom is 0.394 e. The number of likely N-dealkylation sites (tertiary alicyclic amines) is 1. The highest BCUT2D eigenvalue weighted by Gasteiger charge is 2.64. The van der Waals surface area contributed by atoms with E-state index in [2.05, 4.69) is 0 Å². The zero-order chi connectivity index (χ0) is 18.2. The van der Waals surface area contributed by atoms with Gasteiger partial charge in [0.2, 0.25) is 5.91 Å². The molecule has 0 unspecified atom stereocenters. The summed E-state index contributed by atoms with van der Waals surface area (Å²) in [5.74, 6) is 0.894. The van der Waals surface area contributed by atoms with E-state index in [0.717, 1.165) is 17.7 Å². The number of rotatable bonds is 1.